The van der Waals surface area contributed by atoms with Crippen molar-refractivity contribution in [3.05, 3.63) is 53.9 Å². The van der Waals surface area contributed by atoms with Gasteiger partial charge in [0.1, 0.15) is 5.69 Å². The summed E-state index contributed by atoms with van der Waals surface area (Å²) in [5, 5.41) is 12.1. The number of carbonyl (C=O) groups is 1. The van der Waals surface area contributed by atoms with E-state index in [2.05, 4.69) is 15.5 Å². The molecule has 118 valence electrons. The fourth-order valence-corrected chi connectivity index (χ4v) is 2.82. The molecule has 8 heteroatoms. The zero-order chi connectivity index (χ0) is 15.6. The molecular formula is C15H16N6O2. The van der Waals surface area contributed by atoms with Gasteiger partial charge in [-0.05, 0) is 18.6 Å². The lowest BCUT2D eigenvalue weighted by Gasteiger charge is -2.18. The number of carbonyl (C=O) groups excluding carboxylic acids is 1. The molecule has 0 fully saturated rings. The molecule has 0 saturated carbocycles. The summed E-state index contributed by atoms with van der Waals surface area (Å²) in [6.07, 6.45) is 6.29. The van der Waals surface area contributed by atoms with Crippen molar-refractivity contribution in [2.24, 2.45) is 0 Å². The first kappa shape index (κ1) is 13.7. The number of hydrogen-bond acceptors (Lipinski definition) is 5. The van der Waals surface area contributed by atoms with Gasteiger partial charge in [0.15, 0.2) is 0 Å². The van der Waals surface area contributed by atoms with Crippen molar-refractivity contribution >= 4 is 5.91 Å². The Balaban J connectivity index is 1.60. The molecule has 0 N–H and O–H groups in total. The number of hydrogen-bond donors (Lipinski definition) is 0. The summed E-state index contributed by atoms with van der Waals surface area (Å²) >= 11 is 0. The molecule has 0 bridgehead atoms. The molecule has 3 aromatic heterocycles. The molecule has 0 spiro atoms. The highest BCUT2D eigenvalue weighted by Crippen LogP contribution is 2.17. The first-order valence-electron chi connectivity index (χ1n) is 7.53. The van der Waals surface area contributed by atoms with Crippen LogP contribution in [0.5, 0.6) is 0 Å². The molecular weight excluding hydrogens is 296 g/mol. The maximum Gasteiger partial charge on any atom is 0.292 e. The highest BCUT2D eigenvalue weighted by molar-refractivity contribution is 5.91. The Morgan fingerprint density at radius 3 is 2.91 bits per heavy atom. The monoisotopic (exact) mass is 312 g/mol. The first-order valence-corrected chi connectivity index (χ1v) is 7.53. The predicted molar refractivity (Wildman–Crippen MR) is 79.4 cm³/mol. The van der Waals surface area contributed by atoms with Gasteiger partial charge in [0.2, 0.25) is 5.76 Å². The molecule has 0 radical (unpaired) electrons. The van der Waals surface area contributed by atoms with Crippen LogP contribution in [0.2, 0.25) is 0 Å². The third-order valence-electron chi connectivity index (χ3n) is 3.99. The summed E-state index contributed by atoms with van der Waals surface area (Å²) in [5.41, 5.74) is 1.86. The van der Waals surface area contributed by atoms with E-state index < -0.39 is 0 Å². The van der Waals surface area contributed by atoms with Crippen LogP contribution in [0.1, 0.15) is 28.4 Å². The minimum absolute atomic E-state index is 0.149. The van der Waals surface area contributed by atoms with Gasteiger partial charge in [0.25, 0.3) is 5.91 Å². The number of aryl methyl sites for hydroxylation is 1. The Morgan fingerprint density at radius 1 is 1.26 bits per heavy atom. The molecule has 1 amide bonds. The maximum absolute atomic E-state index is 12.5. The summed E-state index contributed by atoms with van der Waals surface area (Å²) in [6, 6.07) is 5.54. The topological polar surface area (TPSA) is 82.0 Å². The molecule has 4 heterocycles. The van der Waals surface area contributed by atoms with E-state index in [0.717, 1.165) is 24.4 Å². The largest absolute Gasteiger partial charge is 0.351 e. The standard InChI is InChI=1S/C15H16N6O2/c22-15(14-4-5-16-23-14)20-8-3-9-21-13(11-20)12(17-18-21)10-19-6-1-2-7-19/h1-2,4-7H,3,8-11H2. The van der Waals surface area contributed by atoms with Gasteiger partial charge in [0.05, 0.1) is 25.0 Å². The molecule has 4 rings (SSSR count). The van der Waals surface area contributed by atoms with Gasteiger partial charge in [0, 0.05) is 31.5 Å². The van der Waals surface area contributed by atoms with Crippen LogP contribution in [0.15, 0.2) is 41.3 Å². The smallest absolute Gasteiger partial charge is 0.292 e. The van der Waals surface area contributed by atoms with Gasteiger partial charge in [-0.15, -0.1) is 5.10 Å². The third-order valence-corrected chi connectivity index (χ3v) is 3.99. The molecule has 0 unspecified atom stereocenters. The lowest BCUT2D eigenvalue weighted by atomic mass is 10.2. The fourth-order valence-electron chi connectivity index (χ4n) is 2.82. The Hall–Kier alpha value is -2.90. The van der Waals surface area contributed by atoms with Gasteiger partial charge in [-0.1, -0.05) is 10.4 Å². The zero-order valence-electron chi connectivity index (χ0n) is 12.5. The van der Waals surface area contributed by atoms with Gasteiger partial charge < -0.3 is 14.0 Å². The van der Waals surface area contributed by atoms with E-state index in [1.807, 2.05) is 33.8 Å². The lowest BCUT2D eigenvalue weighted by molar-refractivity contribution is 0.0703. The minimum atomic E-state index is -0.149. The third kappa shape index (κ3) is 2.63. The van der Waals surface area contributed by atoms with Crippen molar-refractivity contribution in [1.82, 2.24) is 29.6 Å². The molecule has 8 nitrogen and oxygen atoms in total. The highest BCUT2D eigenvalue weighted by Gasteiger charge is 2.25. The number of amides is 1. The normalized spacial score (nSPS) is 14.5. The quantitative estimate of drug-likeness (QED) is 0.725. The van der Waals surface area contributed by atoms with Crippen LogP contribution in [0, 0.1) is 0 Å². The van der Waals surface area contributed by atoms with Crippen molar-refractivity contribution in [2.45, 2.75) is 26.1 Å². The molecule has 1 aliphatic rings. The molecule has 1 aliphatic heterocycles. The molecule has 0 atom stereocenters. The molecule has 0 saturated heterocycles. The molecule has 23 heavy (non-hydrogen) atoms. The summed E-state index contributed by atoms with van der Waals surface area (Å²) in [7, 11) is 0. The SMILES string of the molecule is O=C(c1ccno1)N1CCCn2nnc(Cn3cccc3)c2C1. The number of aromatic nitrogens is 5. The van der Waals surface area contributed by atoms with Gasteiger partial charge in [-0.25, -0.2) is 4.68 Å². The first-order chi connectivity index (χ1) is 11.3. The van der Waals surface area contributed by atoms with Crippen LogP contribution in [0.4, 0.5) is 0 Å². The van der Waals surface area contributed by atoms with E-state index in [4.69, 9.17) is 4.52 Å². The second-order valence-corrected chi connectivity index (χ2v) is 5.52. The molecule has 3 aromatic rings. The Kier molecular flexibility index (Phi) is 3.41. The predicted octanol–water partition coefficient (Wildman–Crippen LogP) is 1.16. The van der Waals surface area contributed by atoms with Crippen LogP contribution in [0.25, 0.3) is 0 Å². The van der Waals surface area contributed by atoms with Gasteiger partial charge in [-0.2, -0.15) is 0 Å². The van der Waals surface area contributed by atoms with E-state index in [-0.39, 0.29) is 11.7 Å². The Bertz CT molecular complexity index is 790. The van der Waals surface area contributed by atoms with Crippen LogP contribution < -0.4 is 0 Å². The van der Waals surface area contributed by atoms with E-state index in [1.165, 1.54) is 6.20 Å². The van der Waals surface area contributed by atoms with Crippen LogP contribution in [-0.4, -0.2) is 42.1 Å². The van der Waals surface area contributed by atoms with Gasteiger partial charge in [-0.3, -0.25) is 4.79 Å². The maximum atomic E-state index is 12.5. The van der Waals surface area contributed by atoms with E-state index >= 15 is 0 Å². The van der Waals surface area contributed by atoms with Crippen molar-refractivity contribution in [3.8, 4) is 0 Å². The number of fused-ring (bicyclic) bond motifs is 1. The van der Waals surface area contributed by atoms with Crippen molar-refractivity contribution < 1.29 is 9.32 Å². The molecule has 0 aliphatic carbocycles. The van der Waals surface area contributed by atoms with Crippen LogP contribution >= 0.6 is 0 Å². The summed E-state index contributed by atoms with van der Waals surface area (Å²) < 4.78 is 8.93. The van der Waals surface area contributed by atoms with E-state index in [0.29, 0.717) is 19.6 Å². The second kappa shape index (κ2) is 5.71. The van der Waals surface area contributed by atoms with Crippen LogP contribution in [-0.2, 0) is 19.6 Å². The highest BCUT2D eigenvalue weighted by atomic mass is 16.5. The van der Waals surface area contributed by atoms with Crippen LogP contribution in [0.3, 0.4) is 0 Å². The summed E-state index contributed by atoms with van der Waals surface area (Å²) in [5.74, 6) is 0.113. The fraction of sp³-hybridized carbons (Fsp3) is 0.333. The lowest BCUT2D eigenvalue weighted by Crippen LogP contribution is -2.30. The second-order valence-electron chi connectivity index (χ2n) is 5.52. The Morgan fingerprint density at radius 2 is 2.13 bits per heavy atom. The summed E-state index contributed by atoms with van der Waals surface area (Å²) in [6.45, 7) is 2.54. The van der Waals surface area contributed by atoms with Crippen molar-refractivity contribution in [3.63, 3.8) is 0 Å². The zero-order valence-corrected chi connectivity index (χ0v) is 12.5. The van der Waals surface area contributed by atoms with E-state index in [9.17, 15) is 4.79 Å². The molecule has 0 aromatic carbocycles. The van der Waals surface area contributed by atoms with Gasteiger partial charge >= 0.3 is 0 Å². The minimum Gasteiger partial charge on any atom is -0.351 e. The summed E-state index contributed by atoms with van der Waals surface area (Å²) in [4.78, 5) is 14.3. The average molecular weight is 312 g/mol. The average Bonchev–Trinajstić information content (AvgIpc) is 3.29. The number of rotatable bonds is 3. The van der Waals surface area contributed by atoms with Crippen molar-refractivity contribution in [2.75, 3.05) is 6.54 Å². The number of nitrogens with zero attached hydrogens (tertiary/aromatic N) is 6. The Labute approximate surface area is 132 Å². The van der Waals surface area contributed by atoms with E-state index in [1.54, 1.807) is 11.0 Å². The van der Waals surface area contributed by atoms with Crippen molar-refractivity contribution in [1.29, 1.82) is 0 Å².